The molecular weight excluding hydrogens is 458 g/mol. The van der Waals surface area contributed by atoms with Crippen molar-refractivity contribution >= 4 is 32.6 Å². The molecule has 2 aromatic carbocycles. The van der Waals surface area contributed by atoms with Crippen molar-refractivity contribution in [3.8, 4) is 6.07 Å². The summed E-state index contributed by atoms with van der Waals surface area (Å²) in [6.07, 6.45) is -3.92. The van der Waals surface area contributed by atoms with Crippen molar-refractivity contribution in [1.29, 1.82) is 5.26 Å². The number of ether oxygens (including phenoxy) is 1. The van der Waals surface area contributed by atoms with E-state index in [0.29, 0.717) is 5.56 Å². The first-order valence-corrected chi connectivity index (χ1v) is 12.7. The van der Waals surface area contributed by atoms with E-state index in [1.807, 2.05) is 18.2 Å². The van der Waals surface area contributed by atoms with Gasteiger partial charge in [0, 0.05) is 31.2 Å². The lowest BCUT2D eigenvalue weighted by molar-refractivity contribution is -0.257. The number of rotatable bonds is 8. The summed E-state index contributed by atoms with van der Waals surface area (Å²) >= 11 is 0. The highest BCUT2D eigenvalue weighted by Gasteiger charge is 2.41. The summed E-state index contributed by atoms with van der Waals surface area (Å²) < 4.78 is 32.9. The van der Waals surface area contributed by atoms with Crippen LogP contribution >= 0.6 is 0 Å². The predicted molar refractivity (Wildman–Crippen MR) is 130 cm³/mol. The second-order valence-corrected chi connectivity index (χ2v) is 10.1. The summed E-state index contributed by atoms with van der Waals surface area (Å²) in [4.78, 5) is 1.72. The van der Waals surface area contributed by atoms with E-state index in [2.05, 4.69) is 29.5 Å². The maximum Gasteiger partial charge on any atom is 0.250 e. The van der Waals surface area contributed by atoms with Crippen molar-refractivity contribution in [2.45, 2.75) is 45.4 Å². The standard InChI is InChI=1S/C24H31N3O6S/c1-4-27(5-2)19-9-8-17-10-16(6-7-18(17)12-19)11-20(13-25)34(31,32)26-14-21-23(29)22(28)15(3)24(30)33-21/h6-12,15,21-24,26,28-30H,4-5,14H2,1-3H3/b20-11+/t15-,21-,22-,23-,24?/m1/s1. The fraction of sp³-hybridized carbons (Fsp3) is 0.458. The third kappa shape index (κ3) is 5.58. The van der Waals surface area contributed by atoms with Crippen LogP contribution in [0.5, 0.6) is 0 Å². The van der Waals surface area contributed by atoms with E-state index in [4.69, 9.17) is 4.74 Å². The molecule has 0 spiro atoms. The lowest BCUT2D eigenvalue weighted by atomic mass is 9.92. The van der Waals surface area contributed by atoms with Crippen molar-refractivity contribution in [2.75, 3.05) is 24.5 Å². The monoisotopic (exact) mass is 489 g/mol. The lowest BCUT2D eigenvalue weighted by Crippen LogP contribution is -2.56. The Hall–Kier alpha value is -2.52. The number of aliphatic hydroxyl groups is 3. The fourth-order valence-electron chi connectivity index (χ4n) is 3.97. The van der Waals surface area contributed by atoms with Crippen molar-refractivity contribution in [3.05, 3.63) is 46.9 Å². The molecule has 10 heteroatoms. The molecule has 0 amide bonds. The molecule has 1 aliphatic heterocycles. The number of hydrogen-bond donors (Lipinski definition) is 4. The Labute approximate surface area is 199 Å². The third-order valence-corrected chi connectivity index (χ3v) is 7.52. The molecule has 1 heterocycles. The van der Waals surface area contributed by atoms with Crippen LogP contribution in [0.3, 0.4) is 0 Å². The molecule has 0 saturated carbocycles. The van der Waals surface area contributed by atoms with E-state index in [0.717, 1.165) is 29.5 Å². The summed E-state index contributed by atoms with van der Waals surface area (Å²) in [6, 6.07) is 13.1. The van der Waals surface area contributed by atoms with Crippen molar-refractivity contribution in [2.24, 2.45) is 5.92 Å². The first kappa shape index (κ1) is 26.1. The van der Waals surface area contributed by atoms with Gasteiger partial charge in [-0.2, -0.15) is 5.26 Å². The van der Waals surface area contributed by atoms with E-state index in [1.54, 1.807) is 18.2 Å². The van der Waals surface area contributed by atoms with Gasteiger partial charge in [-0.15, -0.1) is 0 Å². The average Bonchev–Trinajstić information content (AvgIpc) is 2.83. The van der Waals surface area contributed by atoms with Gasteiger partial charge in [0.2, 0.25) is 0 Å². The van der Waals surface area contributed by atoms with Crippen molar-refractivity contribution in [3.63, 3.8) is 0 Å². The normalized spacial score (nSPS) is 25.8. The maximum absolute atomic E-state index is 12.7. The van der Waals surface area contributed by atoms with Gasteiger partial charge in [0.25, 0.3) is 10.0 Å². The minimum atomic E-state index is -4.23. The number of nitrogens with zero attached hydrogens (tertiary/aromatic N) is 2. The van der Waals surface area contributed by atoms with Gasteiger partial charge in [0.05, 0.1) is 6.10 Å². The molecule has 1 fully saturated rings. The number of allylic oxidation sites excluding steroid dienone is 1. The quantitative estimate of drug-likeness (QED) is 0.409. The molecule has 9 nitrogen and oxygen atoms in total. The molecule has 0 aliphatic carbocycles. The zero-order valence-electron chi connectivity index (χ0n) is 19.4. The molecule has 1 saturated heterocycles. The number of nitrogens with one attached hydrogen (secondary N) is 1. The van der Waals surface area contributed by atoms with Crippen LogP contribution in [0.15, 0.2) is 41.3 Å². The van der Waals surface area contributed by atoms with Gasteiger partial charge in [-0.05, 0) is 54.5 Å². The van der Waals surface area contributed by atoms with E-state index >= 15 is 0 Å². The van der Waals surface area contributed by atoms with Gasteiger partial charge in [-0.3, -0.25) is 0 Å². The summed E-state index contributed by atoms with van der Waals surface area (Å²) in [7, 11) is -4.23. The molecule has 184 valence electrons. The number of nitriles is 1. The Balaban J connectivity index is 1.79. The van der Waals surface area contributed by atoms with Gasteiger partial charge >= 0.3 is 0 Å². The number of sulfonamides is 1. The van der Waals surface area contributed by atoms with Gasteiger partial charge in [-0.1, -0.05) is 25.1 Å². The van der Waals surface area contributed by atoms with E-state index < -0.39 is 52.0 Å². The highest BCUT2D eigenvalue weighted by molar-refractivity contribution is 7.93. The van der Waals surface area contributed by atoms with Crippen molar-refractivity contribution < 1.29 is 28.5 Å². The van der Waals surface area contributed by atoms with Crippen molar-refractivity contribution in [1.82, 2.24) is 4.72 Å². The van der Waals surface area contributed by atoms with E-state index in [-0.39, 0.29) is 0 Å². The minimum Gasteiger partial charge on any atom is -0.390 e. The van der Waals surface area contributed by atoms with Crippen LogP contribution in [0.25, 0.3) is 16.8 Å². The average molecular weight is 490 g/mol. The maximum atomic E-state index is 12.7. The third-order valence-electron chi connectivity index (χ3n) is 6.18. The van der Waals surface area contributed by atoms with Crippen LogP contribution < -0.4 is 9.62 Å². The summed E-state index contributed by atoms with van der Waals surface area (Å²) in [5.41, 5.74) is 1.64. The molecule has 34 heavy (non-hydrogen) atoms. The van der Waals surface area contributed by atoms with Crippen LogP contribution in [0.1, 0.15) is 26.3 Å². The van der Waals surface area contributed by atoms with Crippen LogP contribution in [0.4, 0.5) is 5.69 Å². The molecule has 1 unspecified atom stereocenters. The largest absolute Gasteiger partial charge is 0.390 e. The topological polar surface area (TPSA) is 143 Å². The highest BCUT2D eigenvalue weighted by Crippen LogP contribution is 2.26. The first-order chi connectivity index (χ1) is 16.1. The number of hydrogen-bond acceptors (Lipinski definition) is 8. The molecule has 2 aromatic rings. The Morgan fingerprint density at radius 3 is 2.41 bits per heavy atom. The summed E-state index contributed by atoms with van der Waals surface area (Å²) in [5.74, 6) is -0.728. The molecule has 0 aromatic heterocycles. The van der Waals surface area contributed by atoms with Crippen LogP contribution in [0, 0.1) is 17.2 Å². The van der Waals surface area contributed by atoms with Gasteiger partial charge < -0.3 is 25.0 Å². The highest BCUT2D eigenvalue weighted by atomic mass is 32.2. The molecule has 0 bridgehead atoms. The van der Waals surface area contributed by atoms with Gasteiger partial charge in [0.1, 0.15) is 18.3 Å². The van der Waals surface area contributed by atoms with Gasteiger partial charge in [0.15, 0.2) is 11.2 Å². The molecule has 0 radical (unpaired) electrons. The lowest BCUT2D eigenvalue weighted by Gasteiger charge is -2.39. The Kier molecular flexibility index (Phi) is 8.30. The molecule has 3 rings (SSSR count). The fourth-order valence-corrected chi connectivity index (χ4v) is 4.92. The second-order valence-electron chi connectivity index (χ2n) is 8.34. The van der Waals surface area contributed by atoms with Gasteiger partial charge in [-0.25, -0.2) is 13.1 Å². The minimum absolute atomic E-state index is 0.421. The summed E-state index contributed by atoms with van der Waals surface area (Å²) in [6.45, 7) is 7.04. The molecule has 4 N–H and O–H groups in total. The van der Waals surface area contributed by atoms with Crippen LogP contribution in [-0.4, -0.2) is 68.0 Å². The first-order valence-electron chi connectivity index (χ1n) is 11.2. The number of fused-ring (bicyclic) bond motifs is 1. The molecular formula is C24H31N3O6S. The number of aliphatic hydroxyl groups excluding tert-OH is 3. The number of anilines is 1. The number of benzene rings is 2. The zero-order valence-corrected chi connectivity index (χ0v) is 20.2. The smallest absolute Gasteiger partial charge is 0.250 e. The zero-order chi connectivity index (χ0) is 25.0. The summed E-state index contributed by atoms with van der Waals surface area (Å²) in [5, 5.41) is 41.4. The SMILES string of the molecule is CCN(CC)c1ccc2cc(/C=C(\C#N)S(=O)(=O)NC[C@H]3OC(O)[C@H](C)[C@@H](O)[C@@H]3O)ccc2c1. The Morgan fingerprint density at radius 1 is 1.12 bits per heavy atom. The van der Waals surface area contributed by atoms with E-state index in [1.165, 1.54) is 13.0 Å². The molecule has 5 atom stereocenters. The predicted octanol–water partition coefficient (Wildman–Crippen LogP) is 1.54. The Morgan fingerprint density at radius 2 is 1.76 bits per heavy atom. The second kappa shape index (κ2) is 10.8. The Bertz CT molecular complexity index is 1190. The van der Waals surface area contributed by atoms with Crippen LogP contribution in [0.2, 0.25) is 0 Å². The molecule has 1 aliphatic rings. The van der Waals surface area contributed by atoms with Crippen LogP contribution in [-0.2, 0) is 14.8 Å². The van der Waals surface area contributed by atoms with E-state index in [9.17, 15) is 29.0 Å².